The molecular weight excluding hydrogens is 304 g/mol. The molecule has 24 heavy (non-hydrogen) atoms. The van der Waals surface area contributed by atoms with E-state index in [0.717, 1.165) is 12.0 Å². The summed E-state index contributed by atoms with van der Waals surface area (Å²) in [6.45, 7) is 6.34. The van der Waals surface area contributed by atoms with E-state index in [-0.39, 0.29) is 30.4 Å². The van der Waals surface area contributed by atoms with Gasteiger partial charge in [0.2, 0.25) is 11.8 Å². The van der Waals surface area contributed by atoms with Crippen LogP contribution in [0.25, 0.3) is 0 Å². The number of rotatable bonds is 5. The monoisotopic (exact) mass is 330 g/mol. The summed E-state index contributed by atoms with van der Waals surface area (Å²) in [5.41, 5.74) is 1.77. The molecule has 0 saturated carbocycles. The van der Waals surface area contributed by atoms with Gasteiger partial charge < -0.3 is 9.80 Å². The summed E-state index contributed by atoms with van der Waals surface area (Å²) in [5, 5.41) is 0. The number of benzene rings is 1. The van der Waals surface area contributed by atoms with E-state index in [2.05, 4.69) is 0 Å². The Kier molecular flexibility index (Phi) is 6.53. The largest absolute Gasteiger partial charge is 0.341 e. The Hall–Kier alpha value is -2.17. The molecule has 1 aliphatic rings. The van der Waals surface area contributed by atoms with Crippen LogP contribution in [0.15, 0.2) is 24.3 Å². The number of carbonyl (C=O) groups is 3. The van der Waals surface area contributed by atoms with Crippen molar-refractivity contribution in [1.29, 1.82) is 0 Å². The van der Waals surface area contributed by atoms with Crippen molar-refractivity contribution in [2.75, 3.05) is 26.2 Å². The number of ketones is 1. The van der Waals surface area contributed by atoms with E-state index in [9.17, 15) is 14.4 Å². The third-order valence-electron chi connectivity index (χ3n) is 4.44. The Morgan fingerprint density at radius 2 is 1.46 bits per heavy atom. The van der Waals surface area contributed by atoms with Gasteiger partial charge in [0.25, 0.3) is 0 Å². The van der Waals surface area contributed by atoms with Crippen molar-refractivity contribution in [2.24, 2.45) is 0 Å². The molecule has 1 fully saturated rings. The Labute approximate surface area is 143 Å². The van der Waals surface area contributed by atoms with E-state index in [1.54, 1.807) is 4.90 Å². The van der Waals surface area contributed by atoms with Gasteiger partial charge in [-0.2, -0.15) is 0 Å². The molecule has 0 N–H and O–H groups in total. The predicted octanol–water partition coefficient (Wildman–Crippen LogP) is 2.43. The van der Waals surface area contributed by atoms with Crippen molar-refractivity contribution in [3.05, 3.63) is 35.4 Å². The molecule has 1 saturated heterocycles. The zero-order valence-corrected chi connectivity index (χ0v) is 14.6. The van der Waals surface area contributed by atoms with Crippen molar-refractivity contribution in [3.63, 3.8) is 0 Å². The maximum Gasteiger partial charge on any atom is 0.223 e. The lowest BCUT2D eigenvalue weighted by molar-refractivity contribution is -0.133. The maximum absolute atomic E-state index is 12.4. The molecule has 0 atom stereocenters. The van der Waals surface area contributed by atoms with E-state index < -0.39 is 0 Å². The highest BCUT2D eigenvalue weighted by atomic mass is 16.2. The number of nitrogens with zero attached hydrogens (tertiary/aromatic N) is 2. The van der Waals surface area contributed by atoms with Gasteiger partial charge in [0.15, 0.2) is 5.78 Å². The number of carbonyl (C=O) groups excluding carboxylic acids is 3. The highest BCUT2D eigenvalue weighted by Gasteiger charge is 2.21. The van der Waals surface area contributed by atoms with Gasteiger partial charge in [0, 0.05) is 51.0 Å². The van der Waals surface area contributed by atoms with Crippen molar-refractivity contribution in [2.45, 2.75) is 39.5 Å². The second-order valence-electron chi connectivity index (χ2n) is 6.26. The molecule has 1 aromatic carbocycles. The van der Waals surface area contributed by atoms with Crippen molar-refractivity contribution < 1.29 is 14.4 Å². The van der Waals surface area contributed by atoms with E-state index >= 15 is 0 Å². The molecule has 0 aliphatic carbocycles. The zero-order valence-electron chi connectivity index (χ0n) is 14.6. The highest BCUT2D eigenvalue weighted by molar-refractivity contribution is 5.98. The molecule has 0 aromatic heterocycles. The fourth-order valence-electron chi connectivity index (χ4n) is 2.90. The fourth-order valence-corrected chi connectivity index (χ4v) is 2.90. The summed E-state index contributed by atoms with van der Waals surface area (Å²) in [5.74, 6) is 0.140. The fraction of sp³-hybridized carbons (Fsp3) is 0.526. The predicted molar refractivity (Wildman–Crippen MR) is 92.8 cm³/mol. The summed E-state index contributed by atoms with van der Waals surface area (Å²) in [6.07, 6.45) is 1.76. The molecule has 5 heteroatoms. The van der Waals surface area contributed by atoms with E-state index in [4.69, 9.17) is 0 Å². The lowest BCUT2D eigenvalue weighted by atomic mass is 10.0. The number of Topliss-reactive ketones (excluding diaryl/α,β-unsaturated/α-hetero) is 1. The van der Waals surface area contributed by atoms with Crippen LogP contribution in [0.4, 0.5) is 0 Å². The SMILES string of the molecule is CCC(=O)N1CCCN(C(=O)CCC(=O)c2ccc(C)cc2)CC1. The van der Waals surface area contributed by atoms with Gasteiger partial charge in [-0.3, -0.25) is 14.4 Å². The van der Waals surface area contributed by atoms with Crippen LogP contribution in [-0.2, 0) is 9.59 Å². The van der Waals surface area contributed by atoms with Crippen LogP contribution >= 0.6 is 0 Å². The maximum atomic E-state index is 12.4. The Balaban J connectivity index is 1.83. The average Bonchev–Trinajstić information content (AvgIpc) is 2.85. The molecule has 1 aliphatic heterocycles. The third-order valence-corrected chi connectivity index (χ3v) is 4.44. The van der Waals surface area contributed by atoms with E-state index in [1.165, 1.54) is 0 Å². The summed E-state index contributed by atoms with van der Waals surface area (Å²) in [4.78, 5) is 39.9. The van der Waals surface area contributed by atoms with Gasteiger partial charge in [-0.15, -0.1) is 0 Å². The zero-order chi connectivity index (χ0) is 17.5. The second-order valence-corrected chi connectivity index (χ2v) is 6.26. The van der Waals surface area contributed by atoms with Crippen molar-refractivity contribution >= 4 is 17.6 Å². The van der Waals surface area contributed by atoms with Crippen LogP contribution in [0, 0.1) is 6.92 Å². The van der Waals surface area contributed by atoms with E-state index in [0.29, 0.717) is 38.2 Å². The molecule has 0 bridgehead atoms. The van der Waals surface area contributed by atoms with Crippen LogP contribution < -0.4 is 0 Å². The Bertz CT molecular complexity index is 595. The summed E-state index contributed by atoms with van der Waals surface area (Å²) < 4.78 is 0. The summed E-state index contributed by atoms with van der Waals surface area (Å²) in [7, 11) is 0. The van der Waals surface area contributed by atoms with Gasteiger partial charge in [0.05, 0.1) is 0 Å². The molecule has 2 amide bonds. The van der Waals surface area contributed by atoms with Crippen LogP contribution in [0.1, 0.15) is 48.5 Å². The van der Waals surface area contributed by atoms with Crippen LogP contribution in [-0.4, -0.2) is 53.6 Å². The number of aryl methyl sites for hydroxylation is 1. The van der Waals surface area contributed by atoms with Gasteiger partial charge >= 0.3 is 0 Å². The van der Waals surface area contributed by atoms with Gasteiger partial charge in [-0.1, -0.05) is 36.8 Å². The molecule has 130 valence electrons. The minimum Gasteiger partial charge on any atom is -0.341 e. The lowest BCUT2D eigenvalue weighted by Gasteiger charge is -2.22. The molecule has 1 heterocycles. The number of hydrogen-bond acceptors (Lipinski definition) is 3. The topological polar surface area (TPSA) is 57.7 Å². The number of hydrogen-bond donors (Lipinski definition) is 0. The molecule has 0 unspecified atom stereocenters. The molecule has 5 nitrogen and oxygen atoms in total. The first-order chi connectivity index (χ1) is 11.5. The smallest absolute Gasteiger partial charge is 0.223 e. The van der Waals surface area contributed by atoms with Crippen LogP contribution in [0.3, 0.4) is 0 Å². The van der Waals surface area contributed by atoms with Crippen molar-refractivity contribution in [3.8, 4) is 0 Å². The summed E-state index contributed by atoms with van der Waals surface area (Å²) in [6, 6.07) is 7.43. The van der Waals surface area contributed by atoms with Gasteiger partial charge in [-0.05, 0) is 13.3 Å². The minimum atomic E-state index is 0.000888. The van der Waals surface area contributed by atoms with Gasteiger partial charge in [0.1, 0.15) is 0 Å². The van der Waals surface area contributed by atoms with E-state index in [1.807, 2.05) is 43.0 Å². The molecule has 0 spiro atoms. The standard InChI is InChI=1S/C19H26N2O3/c1-3-18(23)20-11-4-12-21(14-13-20)19(24)10-9-17(22)16-7-5-15(2)6-8-16/h5-8H,3-4,9-14H2,1-2H3. The third kappa shape index (κ3) is 4.91. The first-order valence-corrected chi connectivity index (χ1v) is 8.66. The molecule has 0 radical (unpaired) electrons. The normalized spacial score (nSPS) is 15.1. The average molecular weight is 330 g/mol. The quantitative estimate of drug-likeness (QED) is 0.779. The minimum absolute atomic E-state index is 0.000888. The number of amides is 2. The van der Waals surface area contributed by atoms with Crippen molar-refractivity contribution in [1.82, 2.24) is 9.80 Å². The molecule has 2 rings (SSSR count). The summed E-state index contributed by atoms with van der Waals surface area (Å²) >= 11 is 0. The second kappa shape index (κ2) is 8.62. The highest BCUT2D eigenvalue weighted by Crippen LogP contribution is 2.11. The molecular formula is C19H26N2O3. The Morgan fingerprint density at radius 3 is 2.04 bits per heavy atom. The Morgan fingerprint density at radius 1 is 0.875 bits per heavy atom. The van der Waals surface area contributed by atoms with Crippen LogP contribution in [0.5, 0.6) is 0 Å². The molecule has 1 aromatic rings. The first-order valence-electron chi connectivity index (χ1n) is 8.66. The first kappa shape index (κ1) is 18.2. The van der Waals surface area contributed by atoms with Crippen LogP contribution in [0.2, 0.25) is 0 Å². The lowest BCUT2D eigenvalue weighted by Crippen LogP contribution is -2.37. The van der Waals surface area contributed by atoms with Gasteiger partial charge in [-0.25, -0.2) is 0 Å².